The summed E-state index contributed by atoms with van der Waals surface area (Å²) in [7, 11) is 0. The number of aromatic nitrogens is 2. The average Bonchev–Trinajstić information content (AvgIpc) is 2.26. The average molecular weight is 264 g/mol. The maximum absolute atomic E-state index is 12.1. The predicted molar refractivity (Wildman–Crippen MR) is 71.7 cm³/mol. The molecule has 2 rings (SSSR count). The Balaban J connectivity index is 1.96. The summed E-state index contributed by atoms with van der Waals surface area (Å²) in [6.45, 7) is 2.22. The summed E-state index contributed by atoms with van der Waals surface area (Å²) in [6, 6.07) is 0. The minimum absolute atomic E-state index is 0.0939. The molecule has 1 amide bonds. The molecule has 18 heavy (non-hydrogen) atoms. The van der Waals surface area contributed by atoms with Crippen LogP contribution >= 0.6 is 12.2 Å². The number of nitrogens with one attached hydrogen (secondary N) is 1. The molecule has 96 valence electrons. The highest BCUT2D eigenvalue weighted by Gasteiger charge is 2.46. The van der Waals surface area contributed by atoms with Gasteiger partial charge in [-0.2, -0.15) is 0 Å². The minimum atomic E-state index is -0.631. The van der Waals surface area contributed by atoms with Crippen LogP contribution in [0.4, 0.5) is 0 Å². The highest BCUT2D eigenvalue weighted by Crippen LogP contribution is 2.41. The fourth-order valence-corrected chi connectivity index (χ4v) is 2.26. The van der Waals surface area contributed by atoms with Crippen molar-refractivity contribution in [3.8, 4) is 0 Å². The second-order valence-corrected chi connectivity index (χ2v) is 5.07. The summed E-state index contributed by atoms with van der Waals surface area (Å²) in [5, 5.41) is 2.83. The molecule has 3 N–H and O–H groups in total. The molecular formula is C12H16N4OS. The summed E-state index contributed by atoms with van der Waals surface area (Å²) >= 11 is 4.99. The monoisotopic (exact) mass is 264 g/mol. The first-order chi connectivity index (χ1) is 8.54. The summed E-state index contributed by atoms with van der Waals surface area (Å²) in [5.74, 6) is -0.0939. The minimum Gasteiger partial charge on any atom is -0.392 e. The van der Waals surface area contributed by atoms with E-state index >= 15 is 0 Å². The number of hydrogen-bond acceptors (Lipinski definition) is 4. The fraction of sp³-hybridized carbons (Fsp3) is 0.500. The van der Waals surface area contributed by atoms with Crippen molar-refractivity contribution in [2.24, 2.45) is 11.1 Å². The van der Waals surface area contributed by atoms with Gasteiger partial charge in [-0.25, -0.2) is 0 Å². The lowest BCUT2D eigenvalue weighted by Crippen LogP contribution is -2.52. The van der Waals surface area contributed by atoms with Crippen molar-refractivity contribution in [3.63, 3.8) is 0 Å². The van der Waals surface area contributed by atoms with E-state index in [2.05, 4.69) is 15.3 Å². The van der Waals surface area contributed by atoms with Gasteiger partial charge in [0.25, 0.3) is 0 Å². The van der Waals surface area contributed by atoms with E-state index in [1.165, 1.54) is 0 Å². The molecule has 0 radical (unpaired) electrons. The lowest BCUT2D eigenvalue weighted by molar-refractivity contribution is -0.131. The van der Waals surface area contributed by atoms with Gasteiger partial charge < -0.3 is 11.1 Å². The van der Waals surface area contributed by atoms with E-state index in [0.717, 1.165) is 30.7 Å². The number of aryl methyl sites for hydroxylation is 1. The van der Waals surface area contributed by atoms with Crippen molar-refractivity contribution in [1.82, 2.24) is 15.3 Å². The second-order valence-electron chi connectivity index (χ2n) is 4.63. The van der Waals surface area contributed by atoms with Gasteiger partial charge in [0.05, 0.1) is 34.5 Å². The number of thiocarbonyl (C=S) groups is 1. The topological polar surface area (TPSA) is 80.9 Å². The van der Waals surface area contributed by atoms with E-state index in [1.807, 2.05) is 6.92 Å². The maximum atomic E-state index is 12.1. The Labute approximate surface area is 111 Å². The van der Waals surface area contributed by atoms with Crippen LogP contribution in [0.5, 0.6) is 0 Å². The van der Waals surface area contributed by atoms with Crippen molar-refractivity contribution < 1.29 is 4.79 Å². The highest BCUT2D eigenvalue weighted by molar-refractivity contribution is 7.80. The van der Waals surface area contributed by atoms with Crippen molar-refractivity contribution in [3.05, 3.63) is 23.8 Å². The van der Waals surface area contributed by atoms with Gasteiger partial charge in [-0.1, -0.05) is 18.6 Å². The van der Waals surface area contributed by atoms with Crippen molar-refractivity contribution in [1.29, 1.82) is 0 Å². The van der Waals surface area contributed by atoms with Crippen molar-refractivity contribution in [2.45, 2.75) is 32.7 Å². The number of amides is 1. The standard InChI is InChI=1S/C12H16N4OS/c1-8-5-15-9(6-14-8)7-16-11(17)12(10(13)18)3-2-4-12/h5-6H,2-4,7H2,1H3,(H2,13,18)(H,16,17). The number of hydrogen-bond donors (Lipinski definition) is 2. The Kier molecular flexibility index (Phi) is 3.56. The van der Waals surface area contributed by atoms with Gasteiger partial charge in [-0.15, -0.1) is 0 Å². The Morgan fingerprint density at radius 1 is 1.50 bits per heavy atom. The molecule has 1 saturated carbocycles. The predicted octanol–water partition coefficient (Wildman–Crippen LogP) is 0.858. The summed E-state index contributed by atoms with van der Waals surface area (Å²) in [4.78, 5) is 20.7. The van der Waals surface area contributed by atoms with Crippen LogP contribution in [-0.2, 0) is 11.3 Å². The molecule has 0 atom stereocenters. The Morgan fingerprint density at radius 2 is 2.22 bits per heavy atom. The van der Waals surface area contributed by atoms with Crippen LogP contribution < -0.4 is 11.1 Å². The molecule has 5 nitrogen and oxygen atoms in total. The third-order valence-corrected chi connectivity index (χ3v) is 3.77. The molecule has 1 aliphatic carbocycles. The normalized spacial score (nSPS) is 16.7. The first-order valence-electron chi connectivity index (χ1n) is 5.90. The van der Waals surface area contributed by atoms with E-state index in [1.54, 1.807) is 12.4 Å². The van der Waals surface area contributed by atoms with Gasteiger partial charge in [0.15, 0.2) is 0 Å². The Morgan fingerprint density at radius 3 is 2.67 bits per heavy atom. The van der Waals surface area contributed by atoms with Crippen LogP contribution in [0.3, 0.4) is 0 Å². The molecule has 0 unspecified atom stereocenters. The van der Waals surface area contributed by atoms with Crippen molar-refractivity contribution >= 4 is 23.1 Å². The van der Waals surface area contributed by atoms with Crippen molar-refractivity contribution in [2.75, 3.05) is 0 Å². The molecule has 1 aromatic heterocycles. The number of carbonyl (C=O) groups excluding carboxylic acids is 1. The molecule has 0 aromatic carbocycles. The van der Waals surface area contributed by atoms with Gasteiger partial charge in [0.2, 0.25) is 5.91 Å². The SMILES string of the molecule is Cc1cnc(CNC(=O)C2(C(N)=S)CCC2)cn1. The largest absolute Gasteiger partial charge is 0.392 e. The third kappa shape index (κ3) is 2.33. The van der Waals surface area contributed by atoms with Crippen LogP contribution in [0.15, 0.2) is 12.4 Å². The Bertz CT molecular complexity index is 467. The molecule has 0 saturated heterocycles. The van der Waals surface area contributed by atoms with E-state index in [0.29, 0.717) is 11.5 Å². The van der Waals surface area contributed by atoms with Crippen LogP contribution in [0.1, 0.15) is 30.7 Å². The van der Waals surface area contributed by atoms with Crippen LogP contribution in [0.2, 0.25) is 0 Å². The smallest absolute Gasteiger partial charge is 0.233 e. The first kappa shape index (κ1) is 12.9. The van der Waals surface area contributed by atoms with Gasteiger partial charge in [-0.3, -0.25) is 14.8 Å². The van der Waals surface area contributed by atoms with Crippen LogP contribution in [0, 0.1) is 12.3 Å². The molecule has 6 heteroatoms. The zero-order valence-corrected chi connectivity index (χ0v) is 11.1. The lowest BCUT2D eigenvalue weighted by Gasteiger charge is -2.39. The molecular weight excluding hydrogens is 248 g/mol. The number of nitrogens with zero attached hydrogens (tertiary/aromatic N) is 2. The molecule has 1 heterocycles. The van der Waals surface area contributed by atoms with Crippen LogP contribution in [-0.4, -0.2) is 20.9 Å². The first-order valence-corrected chi connectivity index (χ1v) is 6.31. The molecule has 1 aliphatic rings. The molecule has 1 fully saturated rings. The van der Waals surface area contributed by atoms with Gasteiger partial charge in [0, 0.05) is 6.20 Å². The van der Waals surface area contributed by atoms with E-state index in [9.17, 15) is 4.79 Å². The van der Waals surface area contributed by atoms with E-state index in [-0.39, 0.29) is 5.91 Å². The third-order valence-electron chi connectivity index (χ3n) is 3.38. The zero-order chi connectivity index (χ0) is 13.2. The lowest BCUT2D eigenvalue weighted by atomic mass is 9.68. The highest BCUT2D eigenvalue weighted by atomic mass is 32.1. The second kappa shape index (κ2) is 4.97. The van der Waals surface area contributed by atoms with Gasteiger partial charge in [0.1, 0.15) is 0 Å². The fourth-order valence-electron chi connectivity index (χ4n) is 1.97. The zero-order valence-electron chi connectivity index (χ0n) is 10.3. The van der Waals surface area contributed by atoms with E-state index in [4.69, 9.17) is 18.0 Å². The molecule has 0 spiro atoms. The summed E-state index contributed by atoms with van der Waals surface area (Å²) < 4.78 is 0. The van der Waals surface area contributed by atoms with E-state index < -0.39 is 5.41 Å². The number of nitrogens with two attached hydrogens (primary N) is 1. The van der Waals surface area contributed by atoms with Crippen LogP contribution in [0.25, 0.3) is 0 Å². The number of rotatable bonds is 4. The summed E-state index contributed by atoms with van der Waals surface area (Å²) in [6.07, 6.45) is 5.81. The van der Waals surface area contributed by atoms with Gasteiger partial charge >= 0.3 is 0 Å². The maximum Gasteiger partial charge on any atom is 0.233 e. The molecule has 0 aliphatic heterocycles. The number of carbonyl (C=O) groups is 1. The summed E-state index contributed by atoms with van der Waals surface area (Å²) in [5.41, 5.74) is 6.61. The molecule has 1 aromatic rings. The quantitative estimate of drug-likeness (QED) is 0.788. The molecule has 0 bridgehead atoms. The Hall–Kier alpha value is -1.56. The van der Waals surface area contributed by atoms with Gasteiger partial charge in [-0.05, 0) is 19.8 Å².